The van der Waals surface area contributed by atoms with Gasteiger partial charge in [0.05, 0.1) is 19.8 Å². The van der Waals surface area contributed by atoms with Gasteiger partial charge < -0.3 is 10.0 Å². The topological polar surface area (TPSA) is 151 Å². The van der Waals surface area contributed by atoms with E-state index in [0.717, 1.165) is 16.0 Å². The smallest absolute Gasteiger partial charge is 0.475 e. The highest BCUT2D eigenvalue weighted by Crippen LogP contribution is 2.50. The van der Waals surface area contributed by atoms with Gasteiger partial charge in [-0.05, 0) is 28.8 Å². The van der Waals surface area contributed by atoms with E-state index in [-0.39, 0.29) is 31.9 Å². The summed E-state index contributed by atoms with van der Waals surface area (Å²) in [6.45, 7) is -1.20. The average molecular weight is 524 g/mol. The van der Waals surface area contributed by atoms with Gasteiger partial charge in [0.2, 0.25) is 0 Å². The molecule has 3 aromatic rings. The van der Waals surface area contributed by atoms with Gasteiger partial charge in [0.15, 0.2) is 0 Å². The van der Waals surface area contributed by atoms with E-state index in [1.165, 1.54) is 24.3 Å². The van der Waals surface area contributed by atoms with Crippen molar-refractivity contribution in [3.8, 4) is 0 Å². The first-order valence-corrected chi connectivity index (χ1v) is 12.6. The van der Waals surface area contributed by atoms with Crippen LogP contribution in [0.1, 0.15) is 21.5 Å². The number of carbonyl (C=O) groups excluding carboxylic acids is 1. The van der Waals surface area contributed by atoms with Crippen LogP contribution in [0.25, 0.3) is 10.4 Å². The maximum atomic E-state index is 13.4. The second kappa shape index (κ2) is 13.9. The van der Waals surface area contributed by atoms with Gasteiger partial charge in [-0.25, -0.2) is 4.57 Å². The van der Waals surface area contributed by atoms with Gasteiger partial charge >= 0.3 is 13.8 Å². The second-order valence-electron chi connectivity index (χ2n) is 7.66. The predicted octanol–water partition coefficient (Wildman–Crippen LogP) is 5.71. The van der Waals surface area contributed by atoms with Crippen molar-refractivity contribution < 1.29 is 32.8 Å². The number of amides is 1. The van der Waals surface area contributed by atoms with Gasteiger partial charge in [-0.3, -0.25) is 23.2 Å². The number of benzene rings is 3. The van der Waals surface area contributed by atoms with Crippen molar-refractivity contribution in [1.29, 1.82) is 0 Å². The number of phosphoric acid groups is 1. The minimum atomic E-state index is -4.09. The second-order valence-corrected chi connectivity index (χ2v) is 9.32. The number of hydrogen-bond donors (Lipinski definition) is 1. The number of carboxylic acids is 1. The Labute approximate surface area is 213 Å². The zero-order chi connectivity index (χ0) is 26.5. The molecule has 0 bridgehead atoms. The molecular weight excluding hydrogens is 499 g/mol. The standard InChI is InChI=1S/C25H25N4O7P/c26-28-27-23-13-11-22(12-14-23)25(32)29(17-24(30)31)15-16-34-37(33,35-18-20-7-3-1-4-8-20)36-19-21-9-5-2-6-10-21/h1-14H,15-19H2,(H,30,31). The Morgan fingerprint density at radius 1 is 0.865 bits per heavy atom. The number of carboxylic acid groups (broad SMARTS) is 1. The van der Waals surface area contributed by atoms with Crippen molar-refractivity contribution in [2.75, 3.05) is 19.7 Å². The van der Waals surface area contributed by atoms with E-state index in [0.29, 0.717) is 5.69 Å². The summed E-state index contributed by atoms with van der Waals surface area (Å²) in [6, 6.07) is 23.8. The summed E-state index contributed by atoms with van der Waals surface area (Å²) < 4.78 is 29.9. The number of nitrogens with zero attached hydrogens (tertiary/aromatic N) is 4. The molecule has 0 radical (unpaired) electrons. The Balaban J connectivity index is 1.68. The van der Waals surface area contributed by atoms with Crippen LogP contribution >= 0.6 is 7.82 Å². The van der Waals surface area contributed by atoms with Crippen molar-refractivity contribution in [1.82, 2.24) is 4.90 Å². The van der Waals surface area contributed by atoms with E-state index in [4.69, 9.17) is 19.1 Å². The average Bonchev–Trinajstić information content (AvgIpc) is 2.92. The molecule has 0 unspecified atom stereocenters. The normalized spacial score (nSPS) is 10.9. The molecule has 0 saturated carbocycles. The first kappa shape index (κ1) is 27.6. The van der Waals surface area contributed by atoms with Gasteiger partial charge in [-0.2, -0.15) is 0 Å². The molecule has 1 N–H and O–H groups in total. The molecule has 0 spiro atoms. The quantitative estimate of drug-likeness (QED) is 0.123. The van der Waals surface area contributed by atoms with Crippen molar-refractivity contribution in [2.45, 2.75) is 13.2 Å². The molecule has 0 fully saturated rings. The van der Waals surface area contributed by atoms with Gasteiger partial charge in [0.1, 0.15) is 6.54 Å². The molecule has 0 atom stereocenters. The van der Waals surface area contributed by atoms with Gasteiger partial charge in [0.25, 0.3) is 5.91 Å². The highest BCUT2D eigenvalue weighted by atomic mass is 31.2. The lowest BCUT2D eigenvalue weighted by atomic mass is 10.2. The summed E-state index contributed by atoms with van der Waals surface area (Å²) in [5.74, 6) is -1.83. The first-order valence-electron chi connectivity index (χ1n) is 11.2. The van der Waals surface area contributed by atoms with Crippen LogP contribution in [0.3, 0.4) is 0 Å². The molecule has 0 aliphatic heterocycles. The van der Waals surface area contributed by atoms with Crippen molar-refractivity contribution >= 4 is 25.4 Å². The first-order chi connectivity index (χ1) is 17.9. The molecular formula is C25H25N4O7P. The third-order valence-electron chi connectivity index (χ3n) is 4.96. The Bertz CT molecular complexity index is 1220. The minimum absolute atomic E-state index is 0.0395. The Morgan fingerprint density at radius 2 is 1.41 bits per heavy atom. The molecule has 12 heteroatoms. The number of hydrogen-bond acceptors (Lipinski definition) is 7. The van der Waals surface area contributed by atoms with Crippen LogP contribution in [0.15, 0.2) is 90.0 Å². The molecule has 0 heterocycles. The van der Waals surface area contributed by atoms with Crippen molar-refractivity contribution in [3.63, 3.8) is 0 Å². The van der Waals surface area contributed by atoms with E-state index in [9.17, 15) is 19.3 Å². The zero-order valence-electron chi connectivity index (χ0n) is 19.8. The van der Waals surface area contributed by atoms with Crippen LogP contribution in [0.5, 0.6) is 0 Å². The van der Waals surface area contributed by atoms with Crippen LogP contribution in [0.2, 0.25) is 0 Å². The lowest BCUT2D eigenvalue weighted by Gasteiger charge is -2.23. The highest BCUT2D eigenvalue weighted by Gasteiger charge is 2.28. The number of aliphatic carboxylic acids is 1. The van der Waals surface area contributed by atoms with Crippen LogP contribution in [0, 0.1) is 0 Å². The maximum absolute atomic E-state index is 13.4. The monoisotopic (exact) mass is 524 g/mol. The molecule has 0 saturated heterocycles. The molecule has 0 aromatic heterocycles. The third-order valence-corrected chi connectivity index (χ3v) is 6.35. The highest BCUT2D eigenvalue weighted by molar-refractivity contribution is 7.48. The summed E-state index contributed by atoms with van der Waals surface area (Å²) in [7, 11) is -4.09. The van der Waals surface area contributed by atoms with Crippen LogP contribution in [0.4, 0.5) is 5.69 Å². The van der Waals surface area contributed by atoms with Crippen LogP contribution < -0.4 is 0 Å². The zero-order valence-corrected chi connectivity index (χ0v) is 20.6. The maximum Gasteiger partial charge on any atom is 0.475 e. The fraction of sp³-hybridized carbons (Fsp3) is 0.200. The number of azide groups is 1. The molecule has 3 aromatic carbocycles. The third kappa shape index (κ3) is 9.20. The fourth-order valence-corrected chi connectivity index (χ4v) is 4.29. The van der Waals surface area contributed by atoms with E-state index < -0.39 is 26.2 Å². The molecule has 192 valence electrons. The fourth-order valence-electron chi connectivity index (χ4n) is 3.15. The van der Waals surface area contributed by atoms with E-state index >= 15 is 0 Å². The molecule has 0 aliphatic carbocycles. The summed E-state index contributed by atoms with van der Waals surface area (Å²) in [4.78, 5) is 28.0. The number of rotatable bonds is 14. The summed E-state index contributed by atoms with van der Waals surface area (Å²) in [6.07, 6.45) is 0. The molecule has 1 amide bonds. The van der Waals surface area contributed by atoms with E-state index in [1.807, 2.05) is 36.4 Å². The lowest BCUT2D eigenvalue weighted by molar-refractivity contribution is -0.137. The van der Waals surface area contributed by atoms with Gasteiger partial charge in [0, 0.05) is 22.7 Å². The van der Waals surface area contributed by atoms with Gasteiger partial charge in [-0.15, -0.1) is 0 Å². The van der Waals surface area contributed by atoms with Crippen molar-refractivity contribution in [2.24, 2.45) is 5.11 Å². The van der Waals surface area contributed by atoms with Gasteiger partial charge in [-0.1, -0.05) is 77.9 Å². The van der Waals surface area contributed by atoms with E-state index in [2.05, 4.69) is 10.0 Å². The lowest BCUT2D eigenvalue weighted by Crippen LogP contribution is -2.38. The number of carbonyl (C=O) groups is 2. The largest absolute Gasteiger partial charge is 0.480 e. The van der Waals surface area contributed by atoms with Crippen molar-refractivity contribution in [3.05, 3.63) is 112 Å². The Morgan fingerprint density at radius 3 is 1.89 bits per heavy atom. The SMILES string of the molecule is [N-]=[N+]=Nc1ccc(C(=O)N(CCOP(=O)(OCc2ccccc2)OCc2ccccc2)CC(=O)O)cc1. The minimum Gasteiger partial charge on any atom is -0.480 e. The summed E-state index contributed by atoms with van der Waals surface area (Å²) >= 11 is 0. The van der Waals surface area contributed by atoms with Crippen LogP contribution in [-0.2, 0) is 36.1 Å². The molecule has 0 aliphatic rings. The molecule has 3 rings (SSSR count). The van der Waals surface area contributed by atoms with E-state index in [1.54, 1.807) is 24.3 Å². The number of phosphoric ester groups is 1. The van der Waals surface area contributed by atoms with Crippen LogP contribution in [-0.4, -0.2) is 41.6 Å². The Kier molecular flexibility index (Phi) is 10.4. The predicted molar refractivity (Wildman–Crippen MR) is 135 cm³/mol. The summed E-state index contributed by atoms with van der Waals surface area (Å²) in [5.41, 5.74) is 10.5. The molecule has 11 nitrogen and oxygen atoms in total. The molecule has 37 heavy (non-hydrogen) atoms. The summed E-state index contributed by atoms with van der Waals surface area (Å²) in [5, 5.41) is 12.7. The Hall–Kier alpha value is -3.98.